The van der Waals surface area contributed by atoms with Crippen molar-refractivity contribution in [2.75, 3.05) is 0 Å². The maximum absolute atomic E-state index is 5.63. The molecule has 126 valence electrons. The second-order valence-corrected chi connectivity index (χ2v) is 5.56. The van der Waals surface area contributed by atoms with E-state index >= 15 is 0 Å². The monoisotopic (exact) mass is 337 g/mol. The van der Waals surface area contributed by atoms with Gasteiger partial charge in [-0.3, -0.25) is 0 Å². The summed E-state index contributed by atoms with van der Waals surface area (Å²) in [6, 6.07) is 29.8. The Labute approximate surface area is 154 Å². The quantitative estimate of drug-likeness (QED) is 0.342. The molecule has 0 saturated heterocycles. The van der Waals surface area contributed by atoms with E-state index in [4.69, 9.17) is 4.84 Å². The molecule has 26 heavy (non-hydrogen) atoms. The fourth-order valence-electron chi connectivity index (χ4n) is 2.32. The zero-order chi connectivity index (χ0) is 17.9. The van der Waals surface area contributed by atoms with E-state index < -0.39 is 6.10 Å². The number of hydrogen-bond acceptors (Lipinski definition) is 2. The van der Waals surface area contributed by atoms with Gasteiger partial charge in [-0.1, -0.05) is 96.0 Å². The molecule has 1 atom stereocenters. The predicted molar refractivity (Wildman–Crippen MR) is 108 cm³/mol. The summed E-state index contributed by atoms with van der Waals surface area (Å²) in [6.07, 6.45) is 5.03. The fraction of sp³-hybridized carbons (Fsp3) is 0.0417. The molecule has 0 aliphatic heterocycles. The Balaban J connectivity index is 1.69. The summed E-state index contributed by atoms with van der Waals surface area (Å²) in [4.78, 5) is 5.63. The van der Waals surface area contributed by atoms with Crippen LogP contribution < -0.4 is 0 Å². The van der Waals surface area contributed by atoms with Gasteiger partial charge in [0.05, 0.1) is 6.21 Å². The molecule has 3 rings (SSSR count). The van der Waals surface area contributed by atoms with Crippen LogP contribution in [-0.4, -0.2) is 6.21 Å². The first-order chi connectivity index (χ1) is 12.9. The first-order valence-corrected chi connectivity index (χ1v) is 8.44. The Hall–Kier alpha value is -3.57. The number of hydrogen-bond donors (Lipinski definition) is 0. The van der Waals surface area contributed by atoms with Gasteiger partial charge < -0.3 is 4.84 Å². The highest BCUT2D eigenvalue weighted by atomic mass is 16.6. The van der Waals surface area contributed by atoms with Crippen LogP contribution in [-0.2, 0) is 4.84 Å². The lowest BCUT2D eigenvalue weighted by molar-refractivity contribution is 0.101. The number of rotatable bonds is 5. The van der Waals surface area contributed by atoms with Gasteiger partial charge in [-0.2, -0.15) is 0 Å². The molecule has 0 aliphatic rings. The van der Waals surface area contributed by atoms with E-state index in [-0.39, 0.29) is 0 Å². The van der Waals surface area contributed by atoms with Crippen LogP contribution in [0.15, 0.2) is 102 Å². The Morgan fingerprint density at radius 1 is 0.769 bits per heavy atom. The molecule has 0 saturated carbocycles. The Morgan fingerprint density at radius 2 is 1.38 bits per heavy atom. The number of oxime groups is 1. The van der Waals surface area contributed by atoms with Crippen LogP contribution in [0, 0.1) is 11.8 Å². The largest absolute Gasteiger partial charge is 0.374 e. The van der Waals surface area contributed by atoms with Gasteiger partial charge in [-0.15, -0.1) is 0 Å². The minimum Gasteiger partial charge on any atom is -0.374 e. The highest BCUT2D eigenvalue weighted by Crippen LogP contribution is 2.16. The lowest BCUT2D eigenvalue weighted by Gasteiger charge is -2.08. The van der Waals surface area contributed by atoms with Crippen LogP contribution in [0.5, 0.6) is 0 Å². The van der Waals surface area contributed by atoms with Gasteiger partial charge in [0.15, 0.2) is 0 Å². The third kappa shape index (κ3) is 5.51. The van der Waals surface area contributed by atoms with Gasteiger partial charge in [0, 0.05) is 11.1 Å². The van der Waals surface area contributed by atoms with E-state index in [1.165, 1.54) is 0 Å². The van der Waals surface area contributed by atoms with Crippen LogP contribution in [0.25, 0.3) is 6.08 Å². The van der Waals surface area contributed by atoms with E-state index in [0.29, 0.717) is 0 Å². The first kappa shape index (κ1) is 17.3. The van der Waals surface area contributed by atoms with Gasteiger partial charge in [0.2, 0.25) is 6.10 Å². The SMILES string of the molecule is C(#CC(O/N=C/C=C/c1ccccc1)c1ccccc1)c1ccccc1. The standard InChI is InChI=1S/C24H19NO/c1-4-11-21(12-5-1)15-10-20-25-26-24(23-16-8-3-9-17-23)19-18-22-13-6-2-7-14-22/h1-17,20,24H/b15-10+,25-20+. The minimum atomic E-state index is -0.419. The molecule has 1 unspecified atom stereocenters. The highest BCUT2D eigenvalue weighted by Gasteiger charge is 2.08. The number of allylic oxidation sites excluding steroid dienone is 1. The van der Waals surface area contributed by atoms with E-state index in [9.17, 15) is 0 Å². The second kappa shape index (κ2) is 9.66. The smallest absolute Gasteiger partial charge is 0.213 e. The number of benzene rings is 3. The van der Waals surface area contributed by atoms with Crippen molar-refractivity contribution in [2.45, 2.75) is 6.10 Å². The zero-order valence-electron chi connectivity index (χ0n) is 14.3. The predicted octanol–water partition coefficient (Wildman–Crippen LogP) is 5.50. The molecule has 0 aromatic heterocycles. The summed E-state index contributed by atoms with van der Waals surface area (Å²) in [5.41, 5.74) is 3.03. The summed E-state index contributed by atoms with van der Waals surface area (Å²) in [6.45, 7) is 0. The van der Waals surface area contributed by atoms with Crippen molar-refractivity contribution in [2.24, 2.45) is 5.16 Å². The van der Waals surface area contributed by atoms with Crippen LogP contribution in [0.2, 0.25) is 0 Å². The molecule has 0 bridgehead atoms. The minimum absolute atomic E-state index is 0.419. The number of nitrogens with zero attached hydrogens (tertiary/aromatic N) is 1. The van der Waals surface area contributed by atoms with Crippen molar-refractivity contribution in [3.8, 4) is 11.8 Å². The maximum Gasteiger partial charge on any atom is 0.213 e. The lowest BCUT2D eigenvalue weighted by atomic mass is 10.1. The lowest BCUT2D eigenvalue weighted by Crippen LogP contribution is -1.97. The van der Waals surface area contributed by atoms with Crippen molar-refractivity contribution in [3.63, 3.8) is 0 Å². The molecule has 0 radical (unpaired) electrons. The van der Waals surface area contributed by atoms with Crippen LogP contribution in [0.4, 0.5) is 0 Å². The highest BCUT2D eigenvalue weighted by molar-refractivity contribution is 5.77. The molecule has 0 amide bonds. The summed E-state index contributed by atoms with van der Waals surface area (Å²) in [5, 5.41) is 4.06. The average Bonchev–Trinajstić information content (AvgIpc) is 2.72. The summed E-state index contributed by atoms with van der Waals surface area (Å²) in [5.74, 6) is 6.29. The topological polar surface area (TPSA) is 21.6 Å². The fourth-order valence-corrected chi connectivity index (χ4v) is 2.32. The Kier molecular flexibility index (Phi) is 6.41. The molecule has 0 heterocycles. The second-order valence-electron chi connectivity index (χ2n) is 5.56. The molecule has 0 aliphatic carbocycles. The average molecular weight is 337 g/mol. The van der Waals surface area contributed by atoms with E-state index in [1.807, 2.05) is 103 Å². The van der Waals surface area contributed by atoms with E-state index in [0.717, 1.165) is 16.7 Å². The van der Waals surface area contributed by atoms with Crippen molar-refractivity contribution in [1.82, 2.24) is 0 Å². The molecule has 3 aromatic carbocycles. The summed E-state index contributed by atoms with van der Waals surface area (Å²) in [7, 11) is 0. The Morgan fingerprint density at radius 3 is 2.08 bits per heavy atom. The van der Waals surface area contributed by atoms with E-state index in [1.54, 1.807) is 6.21 Å². The summed E-state index contributed by atoms with van der Waals surface area (Å²) < 4.78 is 0. The molecule has 0 N–H and O–H groups in total. The molecule has 0 spiro atoms. The van der Waals surface area contributed by atoms with Gasteiger partial charge >= 0.3 is 0 Å². The summed E-state index contributed by atoms with van der Waals surface area (Å²) >= 11 is 0. The van der Waals surface area contributed by atoms with Crippen molar-refractivity contribution in [3.05, 3.63) is 114 Å². The van der Waals surface area contributed by atoms with Crippen molar-refractivity contribution in [1.29, 1.82) is 0 Å². The molecule has 0 fully saturated rings. The van der Waals surface area contributed by atoms with Gasteiger partial charge in [0.25, 0.3) is 0 Å². The molecule has 3 aromatic rings. The zero-order valence-corrected chi connectivity index (χ0v) is 14.3. The van der Waals surface area contributed by atoms with Gasteiger partial charge in [0.1, 0.15) is 0 Å². The van der Waals surface area contributed by atoms with Crippen molar-refractivity contribution < 1.29 is 4.84 Å². The Bertz CT molecular complexity index is 904. The van der Waals surface area contributed by atoms with Crippen LogP contribution in [0.1, 0.15) is 22.8 Å². The third-order valence-electron chi connectivity index (χ3n) is 3.63. The van der Waals surface area contributed by atoms with Gasteiger partial charge in [-0.25, -0.2) is 0 Å². The maximum atomic E-state index is 5.63. The van der Waals surface area contributed by atoms with E-state index in [2.05, 4.69) is 17.0 Å². The molecule has 2 nitrogen and oxygen atoms in total. The molecular weight excluding hydrogens is 318 g/mol. The third-order valence-corrected chi connectivity index (χ3v) is 3.63. The van der Waals surface area contributed by atoms with Crippen molar-refractivity contribution >= 4 is 12.3 Å². The van der Waals surface area contributed by atoms with Gasteiger partial charge in [-0.05, 0) is 29.7 Å². The van der Waals surface area contributed by atoms with Crippen LogP contribution >= 0.6 is 0 Å². The first-order valence-electron chi connectivity index (χ1n) is 8.44. The molecule has 2 heteroatoms. The normalized spacial score (nSPS) is 11.8. The van der Waals surface area contributed by atoms with Crippen LogP contribution in [0.3, 0.4) is 0 Å². The molecular formula is C24H19NO.